The van der Waals surface area contributed by atoms with Gasteiger partial charge in [0.05, 0.1) is 5.75 Å². The van der Waals surface area contributed by atoms with Crippen LogP contribution in [-0.4, -0.2) is 25.3 Å². The van der Waals surface area contributed by atoms with Crippen molar-refractivity contribution in [3.05, 3.63) is 65.7 Å². The van der Waals surface area contributed by atoms with E-state index in [1.54, 1.807) is 0 Å². The highest BCUT2D eigenvalue weighted by Gasteiger charge is 2.10. The SMILES string of the molecule is Cc1cccc(N(CCCS(=O)(=O)O)Cc2ccccc2)c1. The molecule has 0 unspecified atom stereocenters. The topological polar surface area (TPSA) is 57.6 Å². The number of hydrogen-bond acceptors (Lipinski definition) is 3. The Balaban J connectivity index is 2.13. The Bertz CT molecular complexity index is 699. The van der Waals surface area contributed by atoms with E-state index in [1.165, 1.54) is 0 Å². The van der Waals surface area contributed by atoms with Gasteiger partial charge in [0.25, 0.3) is 10.1 Å². The number of benzene rings is 2. The fourth-order valence-electron chi connectivity index (χ4n) is 2.37. The zero-order chi connectivity index (χ0) is 16.0. The molecule has 0 amide bonds. The number of hydrogen-bond donors (Lipinski definition) is 1. The molecule has 5 heteroatoms. The lowest BCUT2D eigenvalue weighted by Crippen LogP contribution is -2.25. The molecule has 4 nitrogen and oxygen atoms in total. The van der Waals surface area contributed by atoms with Crippen molar-refractivity contribution in [1.82, 2.24) is 0 Å². The van der Waals surface area contributed by atoms with Gasteiger partial charge in [0.1, 0.15) is 0 Å². The molecule has 0 fully saturated rings. The van der Waals surface area contributed by atoms with Crippen molar-refractivity contribution in [2.75, 3.05) is 17.2 Å². The first-order valence-corrected chi connectivity index (χ1v) is 8.86. The number of nitrogens with zero attached hydrogens (tertiary/aromatic N) is 1. The fourth-order valence-corrected chi connectivity index (χ4v) is 2.86. The highest BCUT2D eigenvalue weighted by Crippen LogP contribution is 2.19. The van der Waals surface area contributed by atoms with Crippen LogP contribution in [0.5, 0.6) is 0 Å². The number of anilines is 1. The second-order valence-electron chi connectivity index (χ2n) is 5.39. The van der Waals surface area contributed by atoms with Gasteiger partial charge < -0.3 is 4.90 Å². The second kappa shape index (κ2) is 7.42. The third kappa shape index (κ3) is 5.50. The molecule has 0 heterocycles. The van der Waals surface area contributed by atoms with E-state index >= 15 is 0 Å². The second-order valence-corrected chi connectivity index (χ2v) is 6.96. The molecule has 0 saturated heterocycles. The van der Waals surface area contributed by atoms with Crippen molar-refractivity contribution in [3.63, 3.8) is 0 Å². The summed E-state index contributed by atoms with van der Waals surface area (Å²) in [6.45, 7) is 3.30. The summed E-state index contributed by atoms with van der Waals surface area (Å²) in [6, 6.07) is 18.2. The molecule has 1 N–H and O–H groups in total. The highest BCUT2D eigenvalue weighted by atomic mass is 32.2. The summed E-state index contributed by atoms with van der Waals surface area (Å²) in [5.41, 5.74) is 3.38. The zero-order valence-electron chi connectivity index (χ0n) is 12.6. The lowest BCUT2D eigenvalue weighted by Gasteiger charge is -2.25. The predicted molar refractivity (Wildman–Crippen MR) is 89.7 cm³/mol. The third-order valence-electron chi connectivity index (χ3n) is 3.41. The van der Waals surface area contributed by atoms with Crippen LogP contribution in [0.1, 0.15) is 17.5 Å². The van der Waals surface area contributed by atoms with E-state index in [-0.39, 0.29) is 5.75 Å². The normalized spacial score (nSPS) is 11.4. The quantitative estimate of drug-likeness (QED) is 0.796. The maximum absolute atomic E-state index is 10.9. The summed E-state index contributed by atoms with van der Waals surface area (Å²) in [7, 11) is -3.91. The van der Waals surface area contributed by atoms with Gasteiger partial charge >= 0.3 is 0 Å². The minimum atomic E-state index is -3.91. The van der Waals surface area contributed by atoms with Crippen molar-refractivity contribution in [1.29, 1.82) is 0 Å². The molecular formula is C17H21NO3S. The lowest BCUT2D eigenvalue weighted by atomic mass is 10.1. The minimum Gasteiger partial charge on any atom is -0.367 e. The highest BCUT2D eigenvalue weighted by molar-refractivity contribution is 7.85. The van der Waals surface area contributed by atoms with Crippen LogP contribution in [0.15, 0.2) is 54.6 Å². The van der Waals surface area contributed by atoms with E-state index in [0.717, 1.165) is 16.8 Å². The van der Waals surface area contributed by atoms with Crippen LogP contribution in [0.2, 0.25) is 0 Å². The molecule has 0 bridgehead atoms. The molecule has 0 aliphatic carbocycles. The third-order valence-corrected chi connectivity index (χ3v) is 4.22. The van der Waals surface area contributed by atoms with Crippen LogP contribution in [-0.2, 0) is 16.7 Å². The molecule has 2 aromatic rings. The van der Waals surface area contributed by atoms with E-state index in [9.17, 15) is 8.42 Å². The first kappa shape index (κ1) is 16.5. The Hall–Kier alpha value is -1.85. The average molecular weight is 319 g/mol. The van der Waals surface area contributed by atoms with Gasteiger partial charge in [0, 0.05) is 18.8 Å². The van der Waals surface area contributed by atoms with Crippen LogP contribution in [0.4, 0.5) is 5.69 Å². The fraction of sp³-hybridized carbons (Fsp3) is 0.294. The molecule has 0 aliphatic rings. The molecule has 0 spiro atoms. The lowest BCUT2D eigenvalue weighted by molar-refractivity contribution is 0.481. The van der Waals surface area contributed by atoms with Crippen molar-refractivity contribution >= 4 is 15.8 Å². The molecule has 2 rings (SSSR count). The van der Waals surface area contributed by atoms with Gasteiger partial charge in [-0.25, -0.2) is 0 Å². The average Bonchev–Trinajstić information content (AvgIpc) is 2.46. The summed E-state index contributed by atoms with van der Waals surface area (Å²) in [5, 5.41) is 0. The standard InChI is InChI=1S/C17H21NO3S/c1-15-7-5-10-17(13-15)18(11-6-12-22(19,20)21)14-16-8-3-2-4-9-16/h2-5,7-10,13H,6,11-12,14H2,1H3,(H,19,20,21). The van der Waals surface area contributed by atoms with E-state index in [2.05, 4.69) is 11.0 Å². The smallest absolute Gasteiger partial charge is 0.264 e. The monoisotopic (exact) mass is 319 g/mol. The molecule has 0 aromatic heterocycles. The van der Waals surface area contributed by atoms with Gasteiger partial charge in [0.15, 0.2) is 0 Å². The van der Waals surface area contributed by atoms with E-state index in [1.807, 2.05) is 55.5 Å². The van der Waals surface area contributed by atoms with Gasteiger partial charge in [-0.3, -0.25) is 4.55 Å². The Labute approximate surface area is 132 Å². The van der Waals surface area contributed by atoms with E-state index in [4.69, 9.17) is 4.55 Å². The largest absolute Gasteiger partial charge is 0.367 e. The summed E-state index contributed by atoms with van der Waals surface area (Å²) in [6.07, 6.45) is 0.389. The van der Waals surface area contributed by atoms with Crippen LogP contribution >= 0.6 is 0 Å². The number of aryl methyl sites for hydroxylation is 1. The van der Waals surface area contributed by atoms with Gasteiger partial charge in [-0.05, 0) is 36.6 Å². The summed E-state index contributed by atoms with van der Waals surface area (Å²) >= 11 is 0. The van der Waals surface area contributed by atoms with Crippen LogP contribution < -0.4 is 4.90 Å². The molecule has 0 atom stereocenters. The van der Waals surface area contributed by atoms with Crippen molar-refractivity contribution in [3.8, 4) is 0 Å². The predicted octanol–water partition coefficient (Wildman–Crippen LogP) is 3.28. The maximum atomic E-state index is 10.9. The minimum absolute atomic E-state index is 0.218. The van der Waals surface area contributed by atoms with Crippen LogP contribution in [0, 0.1) is 6.92 Å². The van der Waals surface area contributed by atoms with Crippen LogP contribution in [0.3, 0.4) is 0 Å². The molecule has 2 aromatic carbocycles. The summed E-state index contributed by atoms with van der Waals surface area (Å²) in [4.78, 5) is 2.13. The first-order valence-electron chi connectivity index (χ1n) is 7.25. The molecular weight excluding hydrogens is 298 g/mol. The summed E-state index contributed by atoms with van der Waals surface area (Å²) < 4.78 is 30.7. The Morgan fingerprint density at radius 3 is 2.41 bits per heavy atom. The van der Waals surface area contributed by atoms with Gasteiger partial charge in [-0.2, -0.15) is 8.42 Å². The zero-order valence-corrected chi connectivity index (χ0v) is 13.5. The van der Waals surface area contributed by atoms with E-state index in [0.29, 0.717) is 19.5 Å². The van der Waals surface area contributed by atoms with E-state index < -0.39 is 10.1 Å². The van der Waals surface area contributed by atoms with Gasteiger partial charge in [-0.15, -0.1) is 0 Å². The summed E-state index contributed by atoms with van der Waals surface area (Å²) in [5.74, 6) is -0.218. The molecule has 22 heavy (non-hydrogen) atoms. The molecule has 0 aliphatic heterocycles. The van der Waals surface area contributed by atoms with Gasteiger partial charge in [-0.1, -0.05) is 42.5 Å². The van der Waals surface area contributed by atoms with Crippen molar-refractivity contribution in [2.45, 2.75) is 19.9 Å². The molecule has 0 radical (unpaired) electrons. The Morgan fingerprint density at radius 1 is 1.05 bits per heavy atom. The van der Waals surface area contributed by atoms with Crippen molar-refractivity contribution in [2.24, 2.45) is 0 Å². The van der Waals surface area contributed by atoms with Gasteiger partial charge in [0.2, 0.25) is 0 Å². The maximum Gasteiger partial charge on any atom is 0.264 e. The molecule has 0 saturated carbocycles. The first-order chi connectivity index (χ1) is 10.4. The van der Waals surface area contributed by atoms with Crippen molar-refractivity contribution < 1.29 is 13.0 Å². The number of rotatable bonds is 7. The Morgan fingerprint density at radius 2 is 1.77 bits per heavy atom. The van der Waals surface area contributed by atoms with Crippen LogP contribution in [0.25, 0.3) is 0 Å². The molecule has 118 valence electrons. The Kier molecular flexibility index (Phi) is 5.57.